The van der Waals surface area contributed by atoms with Crippen molar-refractivity contribution >= 4 is 15.8 Å². The minimum atomic E-state index is -3.83. The van der Waals surface area contributed by atoms with Crippen molar-refractivity contribution in [3.63, 3.8) is 0 Å². The van der Waals surface area contributed by atoms with Gasteiger partial charge in [-0.25, -0.2) is 8.42 Å². The molecule has 3 rings (SSSR count). The van der Waals surface area contributed by atoms with Gasteiger partial charge in [-0.15, -0.1) is 0 Å². The second kappa shape index (κ2) is 7.42. The van der Waals surface area contributed by atoms with E-state index in [-0.39, 0.29) is 10.7 Å². The van der Waals surface area contributed by atoms with Gasteiger partial charge in [-0.05, 0) is 17.7 Å². The molecule has 0 fully saturated rings. The first kappa shape index (κ1) is 17.1. The fraction of sp³-hybridized carbons (Fsp3) is 0.0500. The molecule has 0 bridgehead atoms. The Morgan fingerprint density at radius 2 is 1.20 bits per heavy atom. The third-order valence-corrected chi connectivity index (χ3v) is 5.22. The Hall–Kier alpha value is -2.76. The maximum atomic E-state index is 12.9. The first-order valence-corrected chi connectivity index (χ1v) is 9.28. The van der Waals surface area contributed by atoms with Crippen LogP contribution < -0.4 is 4.72 Å². The summed E-state index contributed by atoms with van der Waals surface area (Å²) in [5, 5.41) is 0. The summed E-state index contributed by atoms with van der Waals surface area (Å²) >= 11 is 0. The maximum absolute atomic E-state index is 12.9. The molecule has 1 atom stereocenters. The van der Waals surface area contributed by atoms with E-state index >= 15 is 0 Å². The van der Waals surface area contributed by atoms with Crippen molar-refractivity contribution in [3.8, 4) is 0 Å². The van der Waals surface area contributed by atoms with E-state index in [1.54, 1.807) is 66.7 Å². The smallest absolute Gasteiger partial charge is 0.241 e. The molecule has 4 nitrogen and oxygen atoms in total. The number of rotatable bonds is 6. The van der Waals surface area contributed by atoms with Crippen LogP contribution in [0.5, 0.6) is 0 Å². The largest absolute Gasteiger partial charge is 0.292 e. The van der Waals surface area contributed by atoms with Crippen molar-refractivity contribution in [3.05, 3.63) is 102 Å². The SMILES string of the molecule is O=C(c1ccccc1)C(NS(=O)(=O)c1ccccc1)c1ccccc1. The first-order valence-electron chi connectivity index (χ1n) is 7.79. The zero-order valence-corrected chi connectivity index (χ0v) is 14.2. The van der Waals surface area contributed by atoms with E-state index in [9.17, 15) is 13.2 Å². The Labute approximate surface area is 147 Å². The molecule has 0 aromatic heterocycles. The van der Waals surface area contributed by atoms with Gasteiger partial charge in [0.15, 0.2) is 5.78 Å². The van der Waals surface area contributed by atoms with Gasteiger partial charge in [-0.3, -0.25) is 4.79 Å². The van der Waals surface area contributed by atoms with Crippen LogP contribution in [0.3, 0.4) is 0 Å². The standard InChI is InChI=1S/C20H17NO3S/c22-20(17-12-6-2-7-13-17)19(16-10-4-1-5-11-16)21-25(23,24)18-14-8-3-9-15-18/h1-15,19,21H. The third-order valence-electron chi connectivity index (χ3n) is 3.78. The van der Waals surface area contributed by atoms with Crippen LogP contribution in [0.2, 0.25) is 0 Å². The van der Waals surface area contributed by atoms with Gasteiger partial charge in [-0.2, -0.15) is 4.72 Å². The Morgan fingerprint density at radius 3 is 1.76 bits per heavy atom. The molecule has 0 radical (unpaired) electrons. The zero-order chi connectivity index (χ0) is 17.7. The second-order valence-electron chi connectivity index (χ2n) is 5.51. The van der Waals surface area contributed by atoms with Gasteiger partial charge < -0.3 is 0 Å². The fourth-order valence-electron chi connectivity index (χ4n) is 2.51. The third kappa shape index (κ3) is 4.02. The van der Waals surface area contributed by atoms with Crippen molar-refractivity contribution in [2.75, 3.05) is 0 Å². The van der Waals surface area contributed by atoms with E-state index in [0.717, 1.165) is 0 Å². The lowest BCUT2D eigenvalue weighted by Crippen LogP contribution is -2.34. The lowest BCUT2D eigenvalue weighted by Gasteiger charge is -2.18. The molecule has 0 aliphatic carbocycles. The molecular weight excluding hydrogens is 334 g/mol. The maximum Gasteiger partial charge on any atom is 0.241 e. The van der Waals surface area contributed by atoms with E-state index in [2.05, 4.69) is 4.72 Å². The minimum Gasteiger partial charge on any atom is -0.292 e. The van der Waals surface area contributed by atoms with Gasteiger partial charge in [0.2, 0.25) is 10.0 Å². The van der Waals surface area contributed by atoms with E-state index in [4.69, 9.17) is 0 Å². The van der Waals surface area contributed by atoms with Gasteiger partial charge in [0.25, 0.3) is 0 Å². The lowest BCUT2D eigenvalue weighted by molar-refractivity contribution is 0.0953. The summed E-state index contributed by atoms with van der Waals surface area (Å²) in [5.74, 6) is -0.300. The number of sulfonamides is 1. The van der Waals surface area contributed by atoms with E-state index in [1.807, 2.05) is 12.1 Å². The van der Waals surface area contributed by atoms with Crippen LogP contribution in [0.15, 0.2) is 95.9 Å². The molecule has 5 heteroatoms. The average molecular weight is 351 g/mol. The Morgan fingerprint density at radius 1 is 0.720 bits per heavy atom. The quantitative estimate of drug-likeness (QED) is 0.690. The summed E-state index contributed by atoms with van der Waals surface area (Å²) in [6.45, 7) is 0. The van der Waals surface area contributed by atoms with Gasteiger partial charge in [0, 0.05) is 5.56 Å². The second-order valence-corrected chi connectivity index (χ2v) is 7.22. The van der Waals surface area contributed by atoms with Crippen molar-refractivity contribution in [1.29, 1.82) is 0 Å². The zero-order valence-electron chi connectivity index (χ0n) is 13.4. The number of nitrogens with one attached hydrogen (secondary N) is 1. The summed E-state index contributed by atoms with van der Waals surface area (Å²) in [4.78, 5) is 13.0. The summed E-state index contributed by atoms with van der Waals surface area (Å²) in [6, 6.07) is 24.5. The number of carbonyl (C=O) groups excluding carboxylic acids is 1. The van der Waals surface area contributed by atoms with Gasteiger partial charge in [0.1, 0.15) is 6.04 Å². The summed E-state index contributed by atoms with van der Waals surface area (Å²) < 4.78 is 27.9. The highest BCUT2D eigenvalue weighted by Gasteiger charge is 2.27. The Balaban J connectivity index is 1.99. The highest BCUT2D eigenvalue weighted by atomic mass is 32.2. The monoisotopic (exact) mass is 351 g/mol. The van der Waals surface area contributed by atoms with Crippen LogP contribution in [0.25, 0.3) is 0 Å². The highest BCUT2D eigenvalue weighted by molar-refractivity contribution is 7.89. The van der Waals surface area contributed by atoms with Gasteiger partial charge >= 0.3 is 0 Å². The summed E-state index contributed by atoms with van der Waals surface area (Å²) in [6.07, 6.45) is 0. The predicted octanol–water partition coefficient (Wildman–Crippen LogP) is 3.59. The number of Topliss-reactive ketones (excluding diaryl/α,β-unsaturated/α-hetero) is 1. The molecule has 1 unspecified atom stereocenters. The Bertz CT molecular complexity index is 940. The molecule has 0 saturated carbocycles. The van der Waals surface area contributed by atoms with Crippen LogP contribution in [0.1, 0.15) is 22.0 Å². The summed E-state index contributed by atoms with van der Waals surface area (Å²) in [5.41, 5.74) is 1.04. The molecule has 25 heavy (non-hydrogen) atoms. The molecule has 0 aliphatic heterocycles. The normalized spacial score (nSPS) is 12.5. The molecule has 0 aliphatic rings. The van der Waals surface area contributed by atoms with E-state index < -0.39 is 16.1 Å². The lowest BCUT2D eigenvalue weighted by atomic mass is 9.98. The molecule has 0 spiro atoms. The molecule has 0 amide bonds. The van der Waals surface area contributed by atoms with Crippen LogP contribution in [-0.2, 0) is 10.0 Å². The molecule has 3 aromatic carbocycles. The van der Waals surface area contributed by atoms with E-state index in [0.29, 0.717) is 11.1 Å². The van der Waals surface area contributed by atoms with Crippen LogP contribution in [0, 0.1) is 0 Å². The van der Waals surface area contributed by atoms with Crippen molar-refractivity contribution in [2.45, 2.75) is 10.9 Å². The first-order chi connectivity index (χ1) is 12.1. The van der Waals surface area contributed by atoms with Crippen LogP contribution in [0.4, 0.5) is 0 Å². The molecule has 0 heterocycles. The molecule has 0 saturated heterocycles. The highest BCUT2D eigenvalue weighted by Crippen LogP contribution is 2.21. The van der Waals surface area contributed by atoms with Gasteiger partial charge in [0.05, 0.1) is 4.90 Å². The molecule has 126 valence electrons. The number of carbonyl (C=O) groups is 1. The fourth-order valence-corrected chi connectivity index (χ4v) is 3.72. The predicted molar refractivity (Wildman–Crippen MR) is 96.7 cm³/mol. The van der Waals surface area contributed by atoms with E-state index in [1.165, 1.54) is 12.1 Å². The minimum absolute atomic E-state index is 0.122. The van der Waals surface area contributed by atoms with Gasteiger partial charge in [-0.1, -0.05) is 78.9 Å². The van der Waals surface area contributed by atoms with Crippen molar-refractivity contribution < 1.29 is 13.2 Å². The average Bonchev–Trinajstić information content (AvgIpc) is 2.68. The molecular formula is C20H17NO3S. The number of hydrogen-bond acceptors (Lipinski definition) is 3. The van der Waals surface area contributed by atoms with Crippen molar-refractivity contribution in [2.24, 2.45) is 0 Å². The Kier molecular flexibility index (Phi) is 5.07. The summed E-state index contributed by atoms with van der Waals surface area (Å²) in [7, 11) is -3.83. The number of ketones is 1. The van der Waals surface area contributed by atoms with Crippen LogP contribution >= 0.6 is 0 Å². The number of hydrogen-bond donors (Lipinski definition) is 1. The topological polar surface area (TPSA) is 63.2 Å². The molecule has 1 N–H and O–H groups in total. The molecule has 3 aromatic rings. The van der Waals surface area contributed by atoms with Crippen LogP contribution in [-0.4, -0.2) is 14.2 Å². The van der Waals surface area contributed by atoms with Crippen molar-refractivity contribution in [1.82, 2.24) is 4.72 Å². The number of benzene rings is 3.